The molecule has 0 aliphatic carbocycles. The molecule has 1 aliphatic heterocycles. The van der Waals surface area contributed by atoms with Gasteiger partial charge in [-0.3, -0.25) is 4.79 Å². The highest BCUT2D eigenvalue weighted by Gasteiger charge is 2.40. The third kappa shape index (κ3) is 4.50. The number of halogens is 6. The van der Waals surface area contributed by atoms with Crippen molar-refractivity contribution in [1.29, 1.82) is 0 Å². The van der Waals surface area contributed by atoms with Crippen LogP contribution in [0.4, 0.5) is 13.2 Å². The Balaban J connectivity index is 1.95. The maximum absolute atomic E-state index is 13.3. The van der Waals surface area contributed by atoms with Gasteiger partial charge >= 0.3 is 6.18 Å². The van der Waals surface area contributed by atoms with Gasteiger partial charge in [0.1, 0.15) is 5.02 Å². The molecule has 0 bridgehead atoms. The van der Waals surface area contributed by atoms with Crippen LogP contribution in [0.1, 0.15) is 25.0 Å². The number of carbonyl (C=O) groups excluding carboxylic acids is 1. The standard InChI is InChI=1S/C17H15Cl3F3N3O2/c18-10-4-5-11(19)12(8-10)26-16(14(20)15(24-26)17(21,22)23)28-9-13(27)25-6-2-1-3-7-25/h4-5,8H,1-3,6-7,9H2. The van der Waals surface area contributed by atoms with Crippen molar-refractivity contribution in [3.05, 3.63) is 39.0 Å². The van der Waals surface area contributed by atoms with Gasteiger partial charge in [-0.25, -0.2) is 0 Å². The Labute approximate surface area is 173 Å². The molecule has 1 fully saturated rings. The number of alkyl halides is 3. The normalized spacial score (nSPS) is 15.0. The zero-order valence-corrected chi connectivity index (χ0v) is 16.7. The molecule has 0 unspecified atom stereocenters. The fraction of sp³-hybridized carbons (Fsp3) is 0.412. The lowest BCUT2D eigenvalue weighted by Crippen LogP contribution is -2.38. The van der Waals surface area contributed by atoms with E-state index in [1.807, 2.05) is 0 Å². The zero-order valence-electron chi connectivity index (χ0n) is 14.4. The van der Waals surface area contributed by atoms with Crippen molar-refractivity contribution in [2.24, 2.45) is 0 Å². The number of piperidine rings is 1. The highest BCUT2D eigenvalue weighted by molar-refractivity contribution is 6.35. The van der Waals surface area contributed by atoms with Crippen molar-refractivity contribution in [2.75, 3.05) is 19.7 Å². The first kappa shape index (κ1) is 21.1. The molecule has 152 valence electrons. The first-order valence-electron chi connectivity index (χ1n) is 8.40. The summed E-state index contributed by atoms with van der Waals surface area (Å²) in [7, 11) is 0. The van der Waals surface area contributed by atoms with Crippen LogP contribution in [0.15, 0.2) is 18.2 Å². The van der Waals surface area contributed by atoms with E-state index in [4.69, 9.17) is 39.5 Å². The molecule has 1 aromatic heterocycles. The van der Waals surface area contributed by atoms with E-state index in [0.717, 1.165) is 23.9 Å². The lowest BCUT2D eigenvalue weighted by Gasteiger charge is -2.26. The molecule has 0 spiro atoms. The van der Waals surface area contributed by atoms with Gasteiger partial charge in [0.2, 0.25) is 5.88 Å². The fourth-order valence-corrected chi connectivity index (χ4v) is 3.51. The summed E-state index contributed by atoms with van der Waals surface area (Å²) >= 11 is 17.9. The predicted octanol–water partition coefficient (Wildman–Crippen LogP) is 5.24. The summed E-state index contributed by atoms with van der Waals surface area (Å²) in [4.78, 5) is 13.9. The highest BCUT2D eigenvalue weighted by Crippen LogP contribution is 2.41. The monoisotopic (exact) mass is 455 g/mol. The minimum Gasteiger partial charge on any atom is -0.466 e. The van der Waals surface area contributed by atoms with Gasteiger partial charge in [-0.1, -0.05) is 34.8 Å². The van der Waals surface area contributed by atoms with E-state index in [1.165, 1.54) is 18.2 Å². The second kappa shape index (κ2) is 8.39. The Hall–Kier alpha value is -1.64. The topological polar surface area (TPSA) is 47.4 Å². The summed E-state index contributed by atoms with van der Waals surface area (Å²) in [6.07, 6.45) is -2.03. The molecule has 2 aromatic rings. The van der Waals surface area contributed by atoms with Crippen LogP contribution in [0.25, 0.3) is 5.69 Å². The third-order valence-corrected chi connectivity index (χ3v) is 5.13. The second-order valence-electron chi connectivity index (χ2n) is 6.20. The van der Waals surface area contributed by atoms with Gasteiger partial charge < -0.3 is 9.64 Å². The van der Waals surface area contributed by atoms with Crippen molar-refractivity contribution in [3.8, 4) is 11.6 Å². The molecule has 11 heteroatoms. The third-order valence-electron chi connectivity index (χ3n) is 4.23. The highest BCUT2D eigenvalue weighted by atomic mass is 35.5. The van der Waals surface area contributed by atoms with Crippen LogP contribution in [0, 0.1) is 0 Å². The van der Waals surface area contributed by atoms with E-state index in [2.05, 4.69) is 5.10 Å². The van der Waals surface area contributed by atoms with Crippen molar-refractivity contribution in [3.63, 3.8) is 0 Å². The minimum absolute atomic E-state index is 0.0481. The summed E-state index contributed by atoms with van der Waals surface area (Å²) < 4.78 is 46.0. The second-order valence-corrected chi connectivity index (χ2v) is 7.42. The molecule has 3 rings (SSSR count). The van der Waals surface area contributed by atoms with Gasteiger partial charge in [0.15, 0.2) is 12.3 Å². The number of likely N-dealkylation sites (tertiary alicyclic amines) is 1. The largest absolute Gasteiger partial charge is 0.466 e. The molecule has 5 nitrogen and oxygen atoms in total. The number of hydrogen-bond acceptors (Lipinski definition) is 3. The molecule has 28 heavy (non-hydrogen) atoms. The lowest BCUT2D eigenvalue weighted by molar-refractivity contribution is -0.141. The Morgan fingerprint density at radius 1 is 1.14 bits per heavy atom. The number of nitrogens with zero attached hydrogens (tertiary/aromatic N) is 3. The fourth-order valence-electron chi connectivity index (χ4n) is 2.87. The number of ether oxygens (including phenoxy) is 1. The van der Waals surface area contributed by atoms with Gasteiger partial charge in [-0.15, -0.1) is 0 Å². The molecule has 1 amide bonds. The summed E-state index contributed by atoms with van der Waals surface area (Å²) in [5, 5.41) is 3.07. The van der Waals surface area contributed by atoms with E-state index < -0.39 is 29.4 Å². The summed E-state index contributed by atoms with van der Waals surface area (Å²) in [6.45, 7) is 0.702. The molecule has 1 aromatic carbocycles. The molecular formula is C17H15Cl3F3N3O2. The van der Waals surface area contributed by atoms with E-state index in [-0.39, 0.29) is 21.6 Å². The van der Waals surface area contributed by atoms with Gasteiger partial charge in [0.05, 0.1) is 10.7 Å². The van der Waals surface area contributed by atoms with Crippen molar-refractivity contribution in [1.82, 2.24) is 14.7 Å². The minimum atomic E-state index is -4.82. The number of hydrogen-bond donors (Lipinski definition) is 0. The number of benzene rings is 1. The maximum Gasteiger partial charge on any atom is 0.436 e. The van der Waals surface area contributed by atoms with Crippen LogP contribution in [-0.2, 0) is 11.0 Å². The number of amides is 1. The summed E-state index contributed by atoms with van der Waals surface area (Å²) in [5.74, 6) is -0.766. The molecule has 0 atom stereocenters. The van der Waals surface area contributed by atoms with Gasteiger partial charge in [-0.2, -0.15) is 23.0 Å². The van der Waals surface area contributed by atoms with Gasteiger partial charge in [0.25, 0.3) is 5.91 Å². The molecule has 0 radical (unpaired) electrons. The Bertz CT molecular complexity index is 881. The summed E-state index contributed by atoms with van der Waals surface area (Å²) in [6, 6.07) is 4.21. The van der Waals surface area contributed by atoms with Crippen LogP contribution >= 0.6 is 34.8 Å². The molecular weight excluding hydrogens is 442 g/mol. The molecule has 0 saturated carbocycles. The molecule has 1 aliphatic rings. The van der Waals surface area contributed by atoms with E-state index >= 15 is 0 Å². The molecule has 0 N–H and O–H groups in total. The predicted molar refractivity (Wildman–Crippen MR) is 99.5 cm³/mol. The lowest BCUT2D eigenvalue weighted by atomic mass is 10.1. The Morgan fingerprint density at radius 2 is 1.82 bits per heavy atom. The quantitative estimate of drug-likeness (QED) is 0.632. The van der Waals surface area contributed by atoms with E-state index in [1.54, 1.807) is 4.90 Å². The molecule has 2 heterocycles. The smallest absolute Gasteiger partial charge is 0.436 e. The van der Waals surface area contributed by atoms with Crippen LogP contribution in [0.3, 0.4) is 0 Å². The number of aromatic nitrogens is 2. The first-order valence-corrected chi connectivity index (χ1v) is 9.53. The summed E-state index contributed by atoms with van der Waals surface area (Å²) in [5.41, 5.74) is -1.29. The first-order chi connectivity index (χ1) is 13.2. The zero-order chi connectivity index (χ0) is 20.5. The van der Waals surface area contributed by atoms with Crippen molar-refractivity contribution < 1.29 is 22.7 Å². The van der Waals surface area contributed by atoms with Gasteiger partial charge in [0, 0.05) is 18.1 Å². The van der Waals surface area contributed by atoms with E-state index in [9.17, 15) is 18.0 Å². The average Bonchev–Trinajstić information content (AvgIpc) is 2.99. The Morgan fingerprint density at radius 3 is 2.46 bits per heavy atom. The SMILES string of the molecule is O=C(COc1c(Cl)c(C(F)(F)F)nn1-c1cc(Cl)ccc1Cl)N1CCCCC1. The number of carbonyl (C=O) groups is 1. The van der Waals surface area contributed by atoms with Crippen molar-refractivity contribution in [2.45, 2.75) is 25.4 Å². The maximum atomic E-state index is 13.3. The van der Waals surface area contributed by atoms with Crippen LogP contribution in [0.5, 0.6) is 5.88 Å². The van der Waals surface area contributed by atoms with Gasteiger partial charge in [-0.05, 0) is 37.5 Å². The van der Waals surface area contributed by atoms with Crippen LogP contribution in [-0.4, -0.2) is 40.3 Å². The van der Waals surface area contributed by atoms with Crippen LogP contribution in [0.2, 0.25) is 15.1 Å². The van der Waals surface area contributed by atoms with Crippen molar-refractivity contribution >= 4 is 40.7 Å². The van der Waals surface area contributed by atoms with Crippen LogP contribution < -0.4 is 4.74 Å². The Kier molecular flexibility index (Phi) is 6.31. The average molecular weight is 457 g/mol. The van der Waals surface area contributed by atoms with E-state index in [0.29, 0.717) is 13.1 Å². The number of rotatable bonds is 4. The molecule has 1 saturated heterocycles.